The van der Waals surface area contributed by atoms with Gasteiger partial charge in [0.25, 0.3) is 0 Å². The number of hydrogen-bond donors (Lipinski definition) is 1. The Kier molecular flexibility index (Phi) is 2.33. The molecular weight excluding hydrogens is 138 g/mol. The van der Waals surface area contributed by atoms with Crippen molar-refractivity contribution in [3.63, 3.8) is 0 Å². The number of rotatable bonds is 0. The predicted molar refractivity (Wildman–Crippen MR) is 36.8 cm³/mol. The van der Waals surface area contributed by atoms with Crippen LogP contribution in [-0.2, 0) is 4.74 Å². The van der Waals surface area contributed by atoms with Crippen molar-refractivity contribution >= 4 is 12.4 Å². The first-order valence-electron chi connectivity index (χ1n) is 3.42. The Hall–Kier alpha value is 0.210. The molecule has 0 spiro atoms. The molecule has 9 heavy (non-hydrogen) atoms. The van der Waals surface area contributed by atoms with Gasteiger partial charge in [-0.3, -0.25) is 0 Å². The van der Waals surface area contributed by atoms with Crippen molar-refractivity contribution in [2.45, 2.75) is 25.0 Å². The second-order valence-electron chi connectivity index (χ2n) is 2.72. The van der Waals surface area contributed by atoms with Gasteiger partial charge >= 0.3 is 0 Å². The highest BCUT2D eigenvalue weighted by atomic mass is 35.5. The number of ether oxygens (including phenoxy) is 1. The molecule has 2 unspecified atom stereocenters. The molecule has 54 valence electrons. The number of hydrogen-bond acceptors (Lipinski definition) is 1. The van der Waals surface area contributed by atoms with Gasteiger partial charge in [-0.15, -0.1) is 12.4 Å². The van der Waals surface area contributed by atoms with E-state index in [4.69, 9.17) is 4.74 Å². The summed E-state index contributed by atoms with van der Waals surface area (Å²) in [6, 6.07) is 0. The van der Waals surface area contributed by atoms with Gasteiger partial charge in [0.1, 0.15) is 25.3 Å². The van der Waals surface area contributed by atoms with Crippen LogP contribution in [0.2, 0.25) is 0 Å². The van der Waals surface area contributed by atoms with Crippen molar-refractivity contribution in [1.82, 2.24) is 0 Å². The largest absolute Gasteiger partial charge is 0.363 e. The molecule has 2 nitrogen and oxygen atoms in total. The zero-order chi connectivity index (χ0) is 5.40. The number of fused-ring (bicyclic) bond motifs is 2. The van der Waals surface area contributed by atoms with E-state index >= 15 is 0 Å². The molecule has 2 heterocycles. The van der Waals surface area contributed by atoms with Gasteiger partial charge in [0.15, 0.2) is 0 Å². The lowest BCUT2D eigenvalue weighted by Gasteiger charge is -2.17. The Morgan fingerprint density at radius 2 is 1.67 bits per heavy atom. The van der Waals surface area contributed by atoms with Crippen molar-refractivity contribution in [2.75, 3.05) is 13.1 Å². The summed E-state index contributed by atoms with van der Waals surface area (Å²) in [6.07, 6.45) is 3.82. The van der Waals surface area contributed by atoms with E-state index in [1.165, 1.54) is 25.9 Å². The highest BCUT2D eigenvalue weighted by Crippen LogP contribution is 2.18. The van der Waals surface area contributed by atoms with Crippen molar-refractivity contribution in [1.29, 1.82) is 0 Å². The van der Waals surface area contributed by atoms with Gasteiger partial charge in [-0.25, -0.2) is 0 Å². The molecule has 0 aromatic carbocycles. The lowest BCUT2D eigenvalue weighted by atomic mass is 10.2. The summed E-state index contributed by atoms with van der Waals surface area (Å²) in [5.41, 5.74) is 0. The van der Waals surface area contributed by atoms with Crippen LogP contribution < -0.4 is 5.32 Å². The molecule has 2 fully saturated rings. The molecule has 0 saturated carbocycles. The van der Waals surface area contributed by atoms with E-state index in [2.05, 4.69) is 5.32 Å². The molecule has 0 aromatic heterocycles. The Bertz CT molecular complexity index is 85.1. The van der Waals surface area contributed by atoms with Crippen LogP contribution in [-0.4, -0.2) is 25.3 Å². The zero-order valence-corrected chi connectivity index (χ0v) is 6.19. The Morgan fingerprint density at radius 3 is 2.11 bits per heavy atom. The molecule has 2 rings (SSSR count). The van der Waals surface area contributed by atoms with Gasteiger partial charge < -0.3 is 10.1 Å². The molecule has 2 aliphatic heterocycles. The molecule has 2 atom stereocenters. The Labute approximate surface area is 61.4 Å². The van der Waals surface area contributed by atoms with Gasteiger partial charge in [-0.05, 0) is 12.8 Å². The van der Waals surface area contributed by atoms with Crippen LogP contribution in [0.3, 0.4) is 0 Å². The first kappa shape index (κ1) is 7.32. The first-order chi connectivity index (χ1) is 3.95. The maximum absolute atomic E-state index is 5.57. The standard InChI is InChI=1S/C6H11NO.ClH/c1-2-6-4-7-3-5(1)8-6;/h5-7H,1-4H2;1H/p+1. The Balaban J connectivity index is 0.000000405. The molecular formula is C6H13ClNO+. The van der Waals surface area contributed by atoms with Crippen LogP contribution in [0, 0.1) is 0 Å². The maximum atomic E-state index is 5.57. The third-order valence-electron chi connectivity index (χ3n) is 2.05. The summed E-state index contributed by atoms with van der Waals surface area (Å²) in [5, 5.41) is 2.37. The van der Waals surface area contributed by atoms with Crippen LogP contribution >= 0.6 is 12.4 Å². The molecule has 2 saturated heterocycles. The van der Waals surface area contributed by atoms with Gasteiger partial charge in [0, 0.05) is 0 Å². The highest BCUT2D eigenvalue weighted by Gasteiger charge is 2.31. The predicted octanol–water partition coefficient (Wildman–Crippen LogP) is -0.467. The average Bonchev–Trinajstić information content (AvgIpc) is 2.12. The minimum absolute atomic E-state index is 0. The fraction of sp³-hybridized carbons (Fsp3) is 1.00. The fourth-order valence-corrected chi connectivity index (χ4v) is 1.59. The van der Waals surface area contributed by atoms with Gasteiger partial charge in [0.05, 0.1) is 0 Å². The van der Waals surface area contributed by atoms with Crippen LogP contribution in [0.4, 0.5) is 0 Å². The van der Waals surface area contributed by atoms with Gasteiger partial charge in [-0.1, -0.05) is 0 Å². The summed E-state index contributed by atoms with van der Waals surface area (Å²) in [7, 11) is 0. The van der Waals surface area contributed by atoms with Crippen LogP contribution in [0.5, 0.6) is 0 Å². The first-order valence-corrected chi connectivity index (χ1v) is 3.42. The van der Waals surface area contributed by atoms with E-state index in [9.17, 15) is 0 Å². The number of halogens is 1. The third kappa shape index (κ3) is 1.37. The summed E-state index contributed by atoms with van der Waals surface area (Å²) in [4.78, 5) is 0. The van der Waals surface area contributed by atoms with Gasteiger partial charge in [-0.2, -0.15) is 0 Å². The van der Waals surface area contributed by atoms with E-state index < -0.39 is 0 Å². The summed E-state index contributed by atoms with van der Waals surface area (Å²) in [6.45, 7) is 2.41. The molecule has 0 radical (unpaired) electrons. The van der Waals surface area contributed by atoms with E-state index in [-0.39, 0.29) is 12.4 Å². The zero-order valence-electron chi connectivity index (χ0n) is 5.38. The number of morpholine rings is 1. The maximum Gasteiger partial charge on any atom is 0.107 e. The smallest absolute Gasteiger partial charge is 0.107 e. The second kappa shape index (κ2) is 2.86. The minimum atomic E-state index is 0. The fourth-order valence-electron chi connectivity index (χ4n) is 1.59. The quantitative estimate of drug-likeness (QED) is 0.497. The Morgan fingerprint density at radius 1 is 1.11 bits per heavy atom. The summed E-state index contributed by atoms with van der Waals surface area (Å²) in [5.74, 6) is 0. The van der Waals surface area contributed by atoms with E-state index in [0.717, 1.165) is 0 Å². The van der Waals surface area contributed by atoms with Crippen molar-refractivity contribution in [3.8, 4) is 0 Å². The molecule has 3 heteroatoms. The monoisotopic (exact) mass is 150 g/mol. The van der Waals surface area contributed by atoms with Crippen molar-refractivity contribution < 1.29 is 10.1 Å². The number of nitrogens with two attached hydrogens (primary N) is 1. The van der Waals surface area contributed by atoms with E-state index in [1.807, 2.05) is 0 Å². The average molecular weight is 151 g/mol. The van der Waals surface area contributed by atoms with Gasteiger partial charge in [0.2, 0.25) is 0 Å². The topological polar surface area (TPSA) is 25.8 Å². The highest BCUT2D eigenvalue weighted by molar-refractivity contribution is 5.85. The SMILES string of the molecule is C1CC2C[NH2+]CC1O2.Cl. The minimum Gasteiger partial charge on any atom is -0.363 e. The van der Waals surface area contributed by atoms with E-state index in [0.29, 0.717) is 12.2 Å². The third-order valence-corrected chi connectivity index (χ3v) is 2.05. The lowest BCUT2D eigenvalue weighted by molar-refractivity contribution is -0.679. The molecule has 2 aliphatic rings. The molecule has 2 bridgehead atoms. The number of quaternary nitrogens is 1. The molecule has 0 aromatic rings. The molecule has 0 amide bonds. The summed E-state index contributed by atoms with van der Waals surface area (Å²) < 4.78 is 5.57. The van der Waals surface area contributed by atoms with Crippen molar-refractivity contribution in [3.05, 3.63) is 0 Å². The summed E-state index contributed by atoms with van der Waals surface area (Å²) >= 11 is 0. The van der Waals surface area contributed by atoms with Crippen LogP contribution in [0.15, 0.2) is 0 Å². The molecule has 0 aliphatic carbocycles. The normalized spacial score (nSPS) is 40.0. The van der Waals surface area contributed by atoms with Crippen molar-refractivity contribution in [2.24, 2.45) is 0 Å². The van der Waals surface area contributed by atoms with E-state index in [1.54, 1.807) is 0 Å². The van der Waals surface area contributed by atoms with Crippen LogP contribution in [0.1, 0.15) is 12.8 Å². The second-order valence-corrected chi connectivity index (χ2v) is 2.72. The van der Waals surface area contributed by atoms with Crippen LogP contribution in [0.25, 0.3) is 0 Å². The molecule has 2 N–H and O–H groups in total. The lowest BCUT2D eigenvalue weighted by Crippen LogP contribution is -2.89.